The molecule has 7 nitrogen and oxygen atoms in total. The van der Waals surface area contributed by atoms with Gasteiger partial charge in [0.15, 0.2) is 11.5 Å². The number of hydrogen-bond acceptors (Lipinski definition) is 6. The SMILES string of the molecule is CC(C)(CNC(=O)c1cccnc1SCC(=O)Nc1ccc2c(c1)OCO2)c1ccccc1F. The standard InChI is InChI=1S/C25H24FN3O4S/c1-25(2,18-7-3-4-8-19(18)26)14-28-23(31)17-6-5-11-27-24(17)34-13-22(30)29-16-9-10-20-21(12-16)33-15-32-20/h3-12H,13-15H2,1-2H3,(H,28,31)(H,29,30). The van der Waals surface area contributed by atoms with Crippen LogP contribution in [0.2, 0.25) is 0 Å². The van der Waals surface area contributed by atoms with Crippen LogP contribution in [0.3, 0.4) is 0 Å². The maximum Gasteiger partial charge on any atom is 0.254 e. The molecule has 2 heterocycles. The van der Waals surface area contributed by atoms with Gasteiger partial charge in [-0.1, -0.05) is 43.8 Å². The second-order valence-corrected chi connectivity index (χ2v) is 9.27. The highest BCUT2D eigenvalue weighted by Crippen LogP contribution is 2.34. The third kappa shape index (κ3) is 5.48. The fourth-order valence-corrected chi connectivity index (χ4v) is 4.28. The number of nitrogens with one attached hydrogen (secondary N) is 2. The van der Waals surface area contributed by atoms with Gasteiger partial charge >= 0.3 is 0 Å². The van der Waals surface area contributed by atoms with E-state index < -0.39 is 5.41 Å². The number of rotatable bonds is 8. The van der Waals surface area contributed by atoms with Crippen LogP contribution in [-0.4, -0.2) is 35.9 Å². The summed E-state index contributed by atoms with van der Waals surface area (Å²) in [5.74, 6) is 0.375. The molecule has 2 amide bonds. The largest absolute Gasteiger partial charge is 0.454 e. The van der Waals surface area contributed by atoms with E-state index in [0.29, 0.717) is 33.3 Å². The minimum absolute atomic E-state index is 0.0620. The Hall–Kier alpha value is -3.59. The molecule has 0 unspecified atom stereocenters. The molecule has 0 bridgehead atoms. The monoisotopic (exact) mass is 481 g/mol. The van der Waals surface area contributed by atoms with E-state index >= 15 is 0 Å². The molecule has 1 aliphatic rings. The molecule has 2 N–H and O–H groups in total. The van der Waals surface area contributed by atoms with E-state index in [1.165, 1.54) is 6.07 Å². The highest BCUT2D eigenvalue weighted by atomic mass is 32.2. The summed E-state index contributed by atoms with van der Waals surface area (Å²) in [6, 6.07) is 15.0. The number of nitrogens with zero attached hydrogens (tertiary/aromatic N) is 1. The molecule has 0 fully saturated rings. The number of benzene rings is 2. The van der Waals surface area contributed by atoms with Crippen LogP contribution >= 0.6 is 11.8 Å². The van der Waals surface area contributed by atoms with Crippen molar-refractivity contribution in [3.05, 3.63) is 77.7 Å². The van der Waals surface area contributed by atoms with E-state index in [1.807, 2.05) is 13.8 Å². The number of thioether (sulfide) groups is 1. The van der Waals surface area contributed by atoms with Gasteiger partial charge in [0.05, 0.1) is 11.3 Å². The Labute approximate surface area is 201 Å². The van der Waals surface area contributed by atoms with Crippen molar-refractivity contribution in [3.8, 4) is 11.5 Å². The maximum atomic E-state index is 14.2. The molecule has 1 aromatic heterocycles. The summed E-state index contributed by atoms with van der Waals surface area (Å²) in [6.07, 6.45) is 1.57. The van der Waals surface area contributed by atoms with Crippen LogP contribution in [0.4, 0.5) is 10.1 Å². The van der Waals surface area contributed by atoms with Crippen molar-refractivity contribution < 1.29 is 23.5 Å². The second kappa shape index (κ2) is 10.1. The second-order valence-electron chi connectivity index (χ2n) is 8.31. The minimum atomic E-state index is -0.610. The fourth-order valence-electron chi connectivity index (χ4n) is 3.49. The van der Waals surface area contributed by atoms with Crippen molar-refractivity contribution in [2.45, 2.75) is 24.3 Å². The van der Waals surface area contributed by atoms with Gasteiger partial charge in [-0.05, 0) is 35.9 Å². The van der Waals surface area contributed by atoms with Gasteiger partial charge in [0.1, 0.15) is 10.8 Å². The number of halogens is 1. The number of fused-ring (bicyclic) bond motifs is 1. The molecule has 0 radical (unpaired) electrons. The lowest BCUT2D eigenvalue weighted by Gasteiger charge is -2.26. The molecule has 9 heteroatoms. The van der Waals surface area contributed by atoms with Crippen LogP contribution in [0.5, 0.6) is 11.5 Å². The first-order chi connectivity index (χ1) is 16.3. The van der Waals surface area contributed by atoms with Gasteiger partial charge < -0.3 is 20.1 Å². The number of anilines is 1. The molecule has 176 valence electrons. The fraction of sp³-hybridized carbons (Fsp3) is 0.240. The van der Waals surface area contributed by atoms with Gasteiger partial charge in [0.2, 0.25) is 12.7 Å². The normalized spacial score (nSPS) is 12.3. The summed E-state index contributed by atoms with van der Waals surface area (Å²) in [5, 5.41) is 6.11. The van der Waals surface area contributed by atoms with Gasteiger partial charge in [-0.3, -0.25) is 9.59 Å². The Bertz CT molecular complexity index is 1220. The number of amides is 2. The van der Waals surface area contributed by atoms with Crippen molar-refractivity contribution in [2.75, 3.05) is 24.4 Å². The molecule has 0 saturated heterocycles. The number of pyridine rings is 1. The average molecular weight is 482 g/mol. The Balaban J connectivity index is 1.36. The number of carbonyl (C=O) groups excluding carboxylic acids is 2. The lowest BCUT2D eigenvalue weighted by atomic mass is 9.84. The van der Waals surface area contributed by atoms with Gasteiger partial charge in [0, 0.05) is 29.9 Å². The topological polar surface area (TPSA) is 89.6 Å². The van der Waals surface area contributed by atoms with E-state index in [1.54, 1.807) is 54.7 Å². The van der Waals surface area contributed by atoms with Crippen molar-refractivity contribution in [1.29, 1.82) is 0 Å². The smallest absolute Gasteiger partial charge is 0.254 e. The van der Waals surface area contributed by atoms with Crippen LogP contribution in [-0.2, 0) is 10.2 Å². The first-order valence-electron chi connectivity index (χ1n) is 10.6. The summed E-state index contributed by atoms with van der Waals surface area (Å²) in [6.45, 7) is 4.12. The molecular formula is C25H24FN3O4S. The van der Waals surface area contributed by atoms with Crippen LogP contribution in [0.15, 0.2) is 65.8 Å². The summed E-state index contributed by atoms with van der Waals surface area (Å²) in [7, 11) is 0. The van der Waals surface area contributed by atoms with E-state index in [0.717, 1.165) is 11.8 Å². The molecule has 0 spiro atoms. The lowest BCUT2D eigenvalue weighted by molar-refractivity contribution is -0.113. The zero-order valence-electron chi connectivity index (χ0n) is 18.8. The van der Waals surface area contributed by atoms with Crippen LogP contribution in [0, 0.1) is 5.82 Å². The first kappa shape index (κ1) is 23.6. The Morgan fingerprint density at radius 2 is 1.88 bits per heavy atom. The molecule has 3 aromatic rings. The van der Waals surface area contributed by atoms with Crippen LogP contribution in [0.1, 0.15) is 29.8 Å². The van der Waals surface area contributed by atoms with E-state index in [4.69, 9.17) is 9.47 Å². The summed E-state index contributed by atoms with van der Waals surface area (Å²) >= 11 is 1.16. The minimum Gasteiger partial charge on any atom is -0.454 e. The number of aromatic nitrogens is 1. The number of carbonyl (C=O) groups is 2. The predicted octanol–water partition coefficient (Wildman–Crippen LogP) is 4.39. The lowest BCUT2D eigenvalue weighted by Crippen LogP contribution is -2.37. The van der Waals surface area contributed by atoms with E-state index in [-0.39, 0.29) is 36.7 Å². The maximum absolute atomic E-state index is 14.2. The third-order valence-electron chi connectivity index (χ3n) is 5.31. The van der Waals surface area contributed by atoms with Crippen molar-refractivity contribution in [1.82, 2.24) is 10.3 Å². The number of hydrogen-bond donors (Lipinski definition) is 2. The Morgan fingerprint density at radius 1 is 1.09 bits per heavy atom. The molecule has 0 atom stereocenters. The van der Waals surface area contributed by atoms with Gasteiger partial charge in [-0.2, -0.15) is 0 Å². The number of ether oxygens (including phenoxy) is 2. The summed E-state index contributed by atoms with van der Waals surface area (Å²) in [4.78, 5) is 29.6. The Morgan fingerprint density at radius 3 is 2.71 bits per heavy atom. The molecule has 34 heavy (non-hydrogen) atoms. The zero-order chi connectivity index (χ0) is 24.1. The Kier molecular flexibility index (Phi) is 7.02. The molecule has 0 saturated carbocycles. The molecular weight excluding hydrogens is 457 g/mol. The van der Waals surface area contributed by atoms with E-state index in [9.17, 15) is 14.0 Å². The van der Waals surface area contributed by atoms with Crippen molar-refractivity contribution >= 4 is 29.3 Å². The van der Waals surface area contributed by atoms with Crippen LogP contribution < -0.4 is 20.1 Å². The van der Waals surface area contributed by atoms with Gasteiger partial charge in [-0.15, -0.1) is 0 Å². The molecule has 4 rings (SSSR count). The average Bonchev–Trinajstić information content (AvgIpc) is 3.29. The summed E-state index contributed by atoms with van der Waals surface area (Å²) < 4.78 is 24.8. The molecule has 0 aliphatic carbocycles. The molecule has 1 aliphatic heterocycles. The highest BCUT2D eigenvalue weighted by molar-refractivity contribution is 8.00. The first-order valence-corrected chi connectivity index (χ1v) is 11.6. The highest BCUT2D eigenvalue weighted by Gasteiger charge is 2.25. The zero-order valence-corrected chi connectivity index (χ0v) is 19.6. The quantitative estimate of drug-likeness (QED) is 0.464. The van der Waals surface area contributed by atoms with Gasteiger partial charge in [-0.25, -0.2) is 9.37 Å². The third-order valence-corrected chi connectivity index (χ3v) is 6.31. The van der Waals surface area contributed by atoms with Crippen LogP contribution in [0.25, 0.3) is 0 Å². The van der Waals surface area contributed by atoms with Crippen molar-refractivity contribution in [3.63, 3.8) is 0 Å². The molecule has 2 aromatic carbocycles. The van der Waals surface area contributed by atoms with Crippen molar-refractivity contribution in [2.24, 2.45) is 0 Å². The predicted molar refractivity (Wildman–Crippen MR) is 128 cm³/mol. The van der Waals surface area contributed by atoms with E-state index in [2.05, 4.69) is 15.6 Å². The van der Waals surface area contributed by atoms with Gasteiger partial charge in [0.25, 0.3) is 5.91 Å². The summed E-state index contributed by atoms with van der Waals surface area (Å²) in [5.41, 5.74) is 0.856.